The Morgan fingerprint density at radius 1 is 1.15 bits per heavy atom. The number of phenols is 2. The summed E-state index contributed by atoms with van der Waals surface area (Å²) in [5, 5.41) is 30.4. The molecule has 27 heavy (non-hydrogen) atoms. The summed E-state index contributed by atoms with van der Waals surface area (Å²) in [6.07, 6.45) is 10.6. The molecule has 0 saturated carbocycles. The molecule has 0 unspecified atom stereocenters. The molecule has 0 aromatic heterocycles. The Kier molecular flexibility index (Phi) is 10.1. The molecular formula is C22H32O4S. The topological polar surface area (TPSA) is 77.8 Å². The van der Waals surface area contributed by atoms with Gasteiger partial charge in [-0.3, -0.25) is 0 Å². The molecule has 0 radical (unpaired) electrons. The number of phenolic OH excluding ortho intramolecular Hbond substituents is 1. The zero-order valence-electron chi connectivity index (χ0n) is 16.8. The number of aromatic carboxylic acids is 1. The highest BCUT2D eigenvalue weighted by Gasteiger charge is 2.21. The molecule has 0 bridgehead atoms. The Labute approximate surface area is 167 Å². The maximum absolute atomic E-state index is 11.7. The number of aromatic hydroxyl groups is 2. The van der Waals surface area contributed by atoms with Gasteiger partial charge in [0.05, 0.1) is 0 Å². The van der Waals surface area contributed by atoms with Gasteiger partial charge >= 0.3 is 5.97 Å². The normalized spacial score (nSPS) is 11.5. The molecule has 1 rings (SSSR count). The second kappa shape index (κ2) is 11.8. The predicted octanol–water partition coefficient (Wildman–Crippen LogP) is 5.72. The van der Waals surface area contributed by atoms with Crippen LogP contribution in [0, 0.1) is 0 Å². The van der Waals surface area contributed by atoms with E-state index in [4.69, 9.17) is 0 Å². The quantitative estimate of drug-likeness (QED) is 0.332. The lowest BCUT2D eigenvalue weighted by molar-refractivity contribution is 0.0692. The van der Waals surface area contributed by atoms with Crippen molar-refractivity contribution < 1.29 is 20.1 Å². The fourth-order valence-electron chi connectivity index (χ4n) is 2.91. The third kappa shape index (κ3) is 7.71. The molecule has 0 aliphatic heterocycles. The van der Waals surface area contributed by atoms with Gasteiger partial charge in [0.15, 0.2) is 0 Å². The van der Waals surface area contributed by atoms with Gasteiger partial charge in [-0.1, -0.05) is 23.3 Å². The lowest BCUT2D eigenvalue weighted by Crippen LogP contribution is -2.06. The van der Waals surface area contributed by atoms with Crippen LogP contribution in [0.3, 0.4) is 0 Å². The summed E-state index contributed by atoms with van der Waals surface area (Å²) in [4.78, 5) is 11.7. The molecule has 0 spiro atoms. The number of hydrogen-bond acceptors (Lipinski definition) is 4. The molecule has 1 aromatic rings. The minimum atomic E-state index is -1.15. The first kappa shape index (κ1) is 23.2. The van der Waals surface area contributed by atoms with Crippen molar-refractivity contribution in [3.05, 3.63) is 46.1 Å². The van der Waals surface area contributed by atoms with E-state index in [0.717, 1.165) is 37.0 Å². The van der Waals surface area contributed by atoms with E-state index in [-0.39, 0.29) is 22.6 Å². The summed E-state index contributed by atoms with van der Waals surface area (Å²) in [5.74, 6) is -0.491. The largest absolute Gasteiger partial charge is 0.508 e. The Morgan fingerprint density at radius 2 is 1.85 bits per heavy atom. The van der Waals surface area contributed by atoms with Gasteiger partial charge in [0, 0.05) is 5.56 Å². The summed E-state index contributed by atoms with van der Waals surface area (Å²) in [7, 11) is 0. The zero-order valence-corrected chi connectivity index (χ0v) is 17.7. The number of benzene rings is 1. The van der Waals surface area contributed by atoms with Crippen LogP contribution in [0.5, 0.6) is 11.5 Å². The van der Waals surface area contributed by atoms with Crippen molar-refractivity contribution in [1.82, 2.24) is 0 Å². The van der Waals surface area contributed by atoms with Crippen molar-refractivity contribution >= 4 is 17.7 Å². The zero-order chi connectivity index (χ0) is 20.4. The lowest BCUT2D eigenvalue weighted by atomic mass is 9.95. The molecular weight excluding hydrogens is 360 g/mol. The van der Waals surface area contributed by atoms with E-state index in [1.807, 2.05) is 19.3 Å². The highest BCUT2D eigenvalue weighted by Crippen LogP contribution is 2.35. The molecule has 3 N–H and O–H groups in total. The molecule has 1 aromatic carbocycles. The Balaban J connectivity index is 2.99. The summed E-state index contributed by atoms with van der Waals surface area (Å²) >= 11 is 1.75. The van der Waals surface area contributed by atoms with Crippen LogP contribution in [-0.4, -0.2) is 33.3 Å². The SMILES string of the molecule is CSCCCCc1cc(O)c(C/C=C(\C)CCC=C(C)C)c(O)c1C(=O)O. The van der Waals surface area contributed by atoms with Crippen molar-refractivity contribution in [2.75, 3.05) is 12.0 Å². The summed E-state index contributed by atoms with van der Waals surface area (Å²) in [5.41, 5.74) is 3.11. The average molecular weight is 393 g/mol. The number of carbonyl (C=O) groups is 1. The second-order valence-corrected chi connectivity index (χ2v) is 8.07. The van der Waals surface area contributed by atoms with Crippen molar-refractivity contribution in [3.8, 4) is 11.5 Å². The number of hydrogen-bond donors (Lipinski definition) is 3. The molecule has 0 amide bonds. The molecule has 0 atom stereocenters. The van der Waals surface area contributed by atoms with Crippen LogP contribution < -0.4 is 0 Å². The summed E-state index contributed by atoms with van der Waals surface area (Å²) < 4.78 is 0. The van der Waals surface area contributed by atoms with Gasteiger partial charge < -0.3 is 15.3 Å². The van der Waals surface area contributed by atoms with E-state index in [1.165, 1.54) is 11.6 Å². The second-order valence-electron chi connectivity index (χ2n) is 7.09. The van der Waals surface area contributed by atoms with E-state index in [1.54, 1.807) is 11.8 Å². The summed E-state index contributed by atoms with van der Waals surface area (Å²) in [6.45, 7) is 6.13. The minimum Gasteiger partial charge on any atom is -0.508 e. The van der Waals surface area contributed by atoms with E-state index < -0.39 is 5.97 Å². The number of carboxylic acids is 1. The van der Waals surface area contributed by atoms with Crippen LogP contribution in [0.25, 0.3) is 0 Å². The molecule has 4 nitrogen and oxygen atoms in total. The first-order valence-electron chi connectivity index (χ1n) is 9.35. The number of thioether (sulfide) groups is 1. The molecule has 5 heteroatoms. The average Bonchev–Trinajstić information content (AvgIpc) is 2.57. The van der Waals surface area contributed by atoms with Crippen LogP contribution in [0.15, 0.2) is 29.4 Å². The molecule has 0 aliphatic carbocycles. The monoisotopic (exact) mass is 392 g/mol. The Hall–Kier alpha value is -1.88. The number of rotatable bonds is 11. The third-order valence-corrected chi connectivity index (χ3v) is 5.17. The van der Waals surface area contributed by atoms with Gasteiger partial charge in [0.2, 0.25) is 0 Å². The number of unbranched alkanes of at least 4 members (excludes halogenated alkanes) is 1. The lowest BCUT2D eigenvalue weighted by Gasteiger charge is -2.14. The van der Waals surface area contributed by atoms with E-state index in [2.05, 4.69) is 19.9 Å². The van der Waals surface area contributed by atoms with Crippen molar-refractivity contribution in [2.45, 2.75) is 59.3 Å². The maximum Gasteiger partial charge on any atom is 0.339 e. The molecule has 0 saturated heterocycles. The highest BCUT2D eigenvalue weighted by atomic mass is 32.2. The molecule has 0 fully saturated rings. The Morgan fingerprint density at radius 3 is 2.44 bits per heavy atom. The molecule has 0 heterocycles. The van der Waals surface area contributed by atoms with Crippen LogP contribution in [0.1, 0.15) is 67.9 Å². The van der Waals surface area contributed by atoms with Crippen LogP contribution in [-0.2, 0) is 12.8 Å². The first-order valence-corrected chi connectivity index (χ1v) is 10.7. The maximum atomic E-state index is 11.7. The third-order valence-electron chi connectivity index (χ3n) is 4.47. The van der Waals surface area contributed by atoms with Crippen LogP contribution >= 0.6 is 11.8 Å². The van der Waals surface area contributed by atoms with Gasteiger partial charge in [-0.15, -0.1) is 0 Å². The van der Waals surface area contributed by atoms with Crippen molar-refractivity contribution in [3.63, 3.8) is 0 Å². The van der Waals surface area contributed by atoms with Gasteiger partial charge in [0.25, 0.3) is 0 Å². The van der Waals surface area contributed by atoms with Crippen molar-refractivity contribution in [1.29, 1.82) is 0 Å². The fraction of sp³-hybridized carbons (Fsp3) is 0.500. The van der Waals surface area contributed by atoms with Gasteiger partial charge in [-0.05, 0) is 82.9 Å². The number of carboxylic acid groups (broad SMARTS) is 1. The summed E-state index contributed by atoms with van der Waals surface area (Å²) in [6, 6.07) is 1.50. The van der Waals surface area contributed by atoms with E-state index in [9.17, 15) is 20.1 Å². The van der Waals surface area contributed by atoms with E-state index >= 15 is 0 Å². The molecule has 150 valence electrons. The predicted molar refractivity (Wildman–Crippen MR) is 114 cm³/mol. The van der Waals surface area contributed by atoms with Gasteiger partial charge in [-0.25, -0.2) is 4.79 Å². The van der Waals surface area contributed by atoms with Crippen LogP contribution in [0.4, 0.5) is 0 Å². The van der Waals surface area contributed by atoms with Crippen molar-refractivity contribution in [2.24, 2.45) is 0 Å². The van der Waals surface area contributed by atoms with E-state index in [0.29, 0.717) is 18.4 Å². The highest BCUT2D eigenvalue weighted by molar-refractivity contribution is 7.98. The fourth-order valence-corrected chi connectivity index (χ4v) is 3.41. The Bertz CT molecular complexity index is 701. The minimum absolute atomic E-state index is 0.0364. The van der Waals surface area contributed by atoms with Crippen LogP contribution in [0.2, 0.25) is 0 Å². The standard InChI is InChI=1S/C22H32O4S/c1-15(2)8-7-9-16(3)11-12-18-19(23)14-17(10-5-6-13-27-4)20(21(18)24)22(25)26/h8,11,14,23-24H,5-7,9-10,12-13H2,1-4H3,(H,25,26)/b16-11+. The first-order chi connectivity index (χ1) is 12.8. The number of aryl methyl sites for hydroxylation is 1. The van der Waals surface area contributed by atoms with Gasteiger partial charge in [-0.2, -0.15) is 11.8 Å². The van der Waals surface area contributed by atoms with Gasteiger partial charge in [0.1, 0.15) is 17.1 Å². The molecule has 0 aliphatic rings. The smallest absolute Gasteiger partial charge is 0.339 e. The number of allylic oxidation sites excluding steroid dienone is 4.